The van der Waals surface area contributed by atoms with E-state index in [0.29, 0.717) is 12.0 Å². The lowest BCUT2D eigenvalue weighted by Gasteiger charge is -2.28. The van der Waals surface area contributed by atoms with Gasteiger partial charge in [0.2, 0.25) is 53.2 Å². The number of nitrogens with two attached hydrogens (primary N) is 4. The Kier molecular flexibility index (Phi) is 30.8. The van der Waals surface area contributed by atoms with Gasteiger partial charge in [0.05, 0.1) is 12.5 Å². The molecule has 1 fully saturated rings. The number of carbonyl (C=O) groups excluding carboxylic acids is 9. The predicted octanol–water partition coefficient (Wildman–Crippen LogP) is -1.77. The van der Waals surface area contributed by atoms with Gasteiger partial charge in [-0.15, -0.1) is 0 Å². The smallest absolute Gasteiger partial charge is 0.243 e. The van der Waals surface area contributed by atoms with Crippen LogP contribution in [-0.2, 0) is 49.6 Å². The van der Waals surface area contributed by atoms with Gasteiger partial charge < -0.3 is 75.9 Å². The maximum Gasteiger partial charge on any atom is 0.243 e. The Bertz CT molecular complexity index is 1930. The number of rotatable bonds is 25. The van der Waals surface area contributed by atoms with E-state index >= 15 is 0 Å². The van der Waals surface area contributed by atoms with Crippen LogP contribution >= 0.6 is 0 Å². The Morgan fingerprint density at radius 2 is 1.05 bits per heavy atom. The molecule has 0 aromatic heterocycles. The summed E-state index contributed by atoms with van der Waals surface area (Å²) in [7, 11) is 0. The van der Waals surface area contributed by atoms with E-state index in [0.717, 1.165) is 32.1 Å². The Hall–Kier alpha value is -5.75. The Morgan fingerprint density at radius 1 is 0.595 bits per heavy atom. The number of aliphatic hydroxyl groups excluding tert-OH is 1. The van der Waals surface area contributed by atoms with Crippen LogP contribution in [0.25, 0.3) is 0 Å². The van der Waals surface area contributed by atoms with Gasteiger partial charge in [0.15, 0.2) is 0 Å². The van der Waals surface area contributed by atoms with Crippen molar-refractivity contribution in [3.8, 4) is 0 Å². The summed E-state index contributed by atoms with van der Waals surface area (Å²) in [5.74, 6) is -7.07. The zero-order valence-electron chi connectivity index (χ0n) is 44.3. The molecule has 0 spiro atoms. The molecule has 0 radical (unpaired) electrons. The lowest BCUT2D eigenvalue weighted by Crippen LogP contribution is -2.61. The minimum absolute atomic E-state index is 0.0440. The monoisotopic (exact) mass is 1040 g/mol. The highest BCUT2D eigenvalue weighted by Crippen LogP contribution is 2.13. The second-order valence-corrected chi connectivity index (χ2v) is 19.9. The number of hydrogen-bond donors (Lipinski definition) is 14. The second-order valence-electron chi connectivity index (χ2n) is 19.9. The van der Waals surface area contributed by atoms with Crippen LogP contribution in [0.3, 0.4) is 0 Å². The first-order valence-electron chi connectivity index (χ1n) is 26.5. The van der Waals surface area contributed by atoms with Crippen molar-refractivity contribution < 1.29 is 48.3 Å². The average molecular weight is 1040 g/mol. The van der Waals surface area contributed by atoms with Crippen LogP contribution in [-0.4, -0.2) is 145 Å². The van der Waals surface area contributed by atoms with Gasteiger partial charge in [-0.2, -0.15) is 0 Å². The maximum atomic E-state index is 14.4. The topological polar surface area (TPSA) is 386 Å². The lowest BCUT2D eigenvalue weighted by molar-refractivity contribution is -0.136. The van der Waals surface area contributed by atoms with E-state index in [4.69, 9.17) is 22.9 Å². The Morgan fingerprint density at radius 3 is 1.55 bits per heavy atom. The molecule has 23 nitrogen and oxygen atoms in total. The van der Waals surface area contributed by atoms with Crippen molar-refractivity contribution in [1.82, 2.24) is 47.9 Å². The number of carbonyl (C=O) groups is 9. The molecule has 0 saturated carbocycles. The summed E-state index contributed by atoms with van der Waals surface area (Å²) < 4.78 is 0. The van der Waals surface area contributed by atoms with Crippen molar-refractivity contribution >= 4 is 53.2 Å². The summed E-state index contributed by atoms with van der Waals surface area (Å²) in [5.41, 5.74) is 24.2. The fourth-order valence-electron chi connectivity index (χ4n) is 8.40. The van der Waals surface area contributed by atoms with Gasteiger partial charge in [0.1, 0.15) is 48.3 Å². The molecule has 1 aromatic carbocycles. The number of benzene rings is 1. The van der Waals surface area contributed by atoms with Crippen molar-refractivity contribution in [2.24, 2.45) is 34.8 Å². The summed E-state index contributed by atoms with van der Waals surface area (Å²) >= 11 is 0. The summed E-state index contributed by atoms with van der Waals surface area (Å²) in [6.07, 6.45) is 3.59. The van der Waals surface area contributed by atoms with Crippen molar-refractivity contribution in [2.75, 3.05) is 32.7 Å². The fraction of sp³-hybridized carbons (Fsp3) is 0.706. The van der Waals surface area contributed by atoms with Crippen LogP contribution < -0.4 is 70.8 Å². The summed E-state index contributed by atoms with van der Waals surface area (Å²) in [5, 5.41) is 34.7. The minimum Gasteiger partial charge on any atom is -0.393 e. The minimum atomic E-state index is -1.47. The maximum absolute atomic E-state index is 14.4. The van der Waals surface area contributed by atoms with Crippen molar-refractivity contribution in [3.05, 3.63) is 35.9 Å². The molecular formula is C51H89N13O10. The fourth-order valence-corrected chi connectivity index (χ4v) is 8.40. The molecular weight excluding hydrogens is 955 g/mol. The standard InChI is InChI=1S/C51H89N13O10/c1-6-7-8-9-13-16-34(65)30-43(66)57-35(17-22-52)45(68)61-39-21-26-56-44(67)40(27-31(2)3)62-47(70)37(19-24-54)58-46(69)36(18-23-53)60-50(73)41(28-32(4)5)63-51(74)42(29-33-14-11-10-12-15-33)64-48(71)38(20-25-55)59-49(39)72/h10-12,14-15,31-32,34-42,65H,6-9,13,16-30,52-55H2,1-5H3,(H,56,67)(H,57,66)(H,58,69)(H,59,72)(H,60,73)(H,61,68)(H,62,70)(H,63,74)(H,64,71)/t34-,35-,36-,37-,38-,39+,40-,41-,42+/m0/s1. The number of amides is 9. The summed E-state index contributed by atoms with van der Waals surface area (Å²) in [4.78, 5) is 126. The third kappa shape index (κ3) is 24.5. The van der Waals surface area contributed by atoms with Gasteiger partial charge in [-0.3, -0.25) is 43.2 Å². The number of unbranched alkanes of at least 4 members (excludes halogenated alkanes) is 4. The molecule has 74 heavy (non-hydrogen) atoms. The van der Waals surface area contributed by atoms with Gasteiger partial charge in [0, 0.05) is 13.0 Å². The Labute approximate surface area is 436 Å². The zero-order valence-corrected chi connectivity index (χ0v) is 44.3. The van der Waals surface area contributed by atoms with Crippen LogP contribution in [0.1, 0.15) is 130 Å². The van der Waals surface area contributed by atoms with Gasteiger partial charge >= 0.3 is 0 Å². The highest BCUT2D eigenvalue weighted by atomic mass is 16.3. The summed E-state index contributed by atoms with van der Waals surface area (Å²) in [6, 6.07) is -1.57. The van der Waals surface area contributed by atoms with Crippen molar-refractivity contribution in [3.63, 3.8) is 0 Å². The van der Waals surface area contributed by atoms with E-state index in [1.807, 2.05) is 27.7 Å². The molecule has 1 aliphatic rings. The van der Waals surface area contributed by atoms with E-state index in [1.165, 1.54) is 0 Å². The quantitative estimate of drug-likeness (QED) is 0.0482. The third-order valence-corrected chi connectivity index (χ3v) is 12.4. The molecule has 18 N–H and O–H groups in total. The average Bonchev–Trinajstić information content (AvgIpc) is 3.34. The van der Waals surface area contributed by atoms with Crippen LogP contribution in [0.4, 0.5) is 0 Å². The molecule has 2 rings (SSSR count). The van der Waals surface area contributed by atoms with Crippen LogP contribution in [0, 0.1) is 11.8 Å². The van der Waals surface area contributed by atoms with Crippen LogP contribution in [0.5, 0.6) is 0 Å². The zero-order chi connectivity index (χ0) is 55.2. The van der Waals surface area contributed by atoms with E-state index < -0.39 is 108 Å². The molecule has 418 valence electrons. The molecule has 1 aromatic rings. The number of hydrogen-bond acceptors (Lipinski definition) is 14. The highest BCUT2D eigenvalue weighted by molar-refractivity contribution is 5.98. The van der Waals surface area contributed by atoms with Crippen molar-refractivity contribution in [2.45, 2.75) is 185 Å². The van der Waals surface area contributed by atoms with E-state index in [9.17, 15) is 48.3 Å². The van der Waals surface area contributed by atoms with Gasteiger partial charge in [0.25, 0.3) is 0 Å². The molecule has 9 amide bonds. The first kappa shape index (κ1) is 64.4. The van der Waals surface area contributed by atoms with E-state index in [2.05, 4.69) is 54.8 Å². The molecule has 0 bridgehead atoms. The lowest BCUT2D eigenvalue weighted by atomic mass is 10.00. The molecule has 1 saturated heterocycles. The molecule has 0 aliphatic carbocycles. The first-order valence-corrected chi connectivity index (χ1v) is 26.5. The van der Waals surface area contributed by atoms with Gasteiger partial charge in [-0.1, -0.05) is 97.1 Å². The molecule has 1 heterocycles. The predicted molar refractivity (Wildman–Crippen MR) is 281 cm³/mol. The van der Waals surface area contributed by atoms with Crippen LogP contribution in [0.15, 0.2) is 30.3 Å². The van der Waals surface area contributed by atoms with Gasteiger partial charge in [-0.25, -0.2) is 0 Å². The normalized spacial score (nSPS) is 23.0. The van der Waals surface area contributed by atoms with E-state index in [-0.39, 0.29) is 102 Å². The summed E-state index contributed by atoms with van der Waals surface area (Å²) in [6.45, 7) is 8.90. The molecule has 1 aliphatic heterocycles. The van der Waals surface area contributed by atoms with Crippen LogP contribution in [0.2, 0.25) is 0 Å². The number of nitrogens with one attached hydrogen (secondary N) is 9. The SMILES string of the molecule is CCCCCCC[C@H](O)CC(=O)N[C@@H](CCN)C(=O)N[C@@H]1CCNC(=O)[C@H](CC(C)C)NC(=O)[C@H](CCN)NC(=O)[C@H](CCN)NC(=O)[C@H](CC(C)C)NC(=O)[C@@H](Cc2ccccc2)NC(=O)[C@H](CCN)NC1=O. The van der Waals surface area contributed by atoms with Gasteiger partial charge in [-0.05, 0) is 94.9 Å². The molecule has 23 heteroatoms. The largest absolute Gasteiger partial charge is 0.393 e. The third-order valence-electron chi connectivity index (χ3n) is 12.4. The highest BCUT2D eigenvalue weighted by Gasteiger charge is 2.35. The number of aliphatic hydroxyl groups is 1. The van der Waals surface area contributed by atoms with Crippen molar-refractivity contribution in [1.29, 1.82) is 0 Å². The molecule has 0 unspecified atom stereocenters. The first-order chi connectivity index (χ1) is 35.3. The van der Waals surface area contributed by atoms with E-state index in [1.54, 1.807) is 30.3 Å². The second kappa shape index (κ2) is 35.4. The molecule has 9 atom stereocenters. The Balaban J connectivity index is 2.68.